The number of hydrogen-bond acceptors (Lipinski definition) is 3. The Labute approximate surface area is 80.4 Å². The summed E-state index contributed by atoms with van der Waals surface area (Å²) in [5.74, 6) is 0.127. The van der Waals surface area contributed by atoms with Gasteiger partial charge in [0.2, 0.25) is 0 Å². The Morgan fingerprint density at radius 2 is 2.14 bits per heavy atom. The molecule has 0 unspecified atom stereocenters. The number of rotatable bonds is 0. The van der Waals surface area contributed by atoms with Crippen molar-refractivity contribution in [3.63, 3.8) is 0 Å². The summed E-state index contributed by atoms with van der Waals surface area (Å²) in [4.78, 5) is 15.7. The summed E-state index contributed by atoms with van der Waals surface area (Å²) in [7, 11) is 1.63. The van der Waals surface area contributed by atoms with Crippen LogP contribution in [0.15, 0.2) is 23.3 Å². The zero-order valence-corrected chi connectivity index (χ0v) is 7.98. The van der Waals surface area contributed by atoms with E-state index < -0.39 is 0 Å². The number of phenolic OH excluding ortho intramolecular Hbond substituents is 1. The van der Waals surface area contributed by atoms with Gasteiger partial charge in [-0.3, -0.25) is 4.79 Å². The maximum atomic E-state index is 11.6. The van der Waals surface area contributed by atoms with Crippen LogP contribution in [-0.4, -0.2) is 14.7 Å². The Bertz CT molecular complexity index is 558. The number of fused-ring (bicyclic) bond motifs is 1. The molecule has 0 bridgehead atoms. The number of aromatic hydroxyl groups is 1. The lowest BCUT2D eigenvalue weighted by Crippen LogP contribution is -2.16. The van der Waals surface area contributed by atoms with Crippen molar-refractivity contribution in [2.24, 2.45) is 7.05 Å². The van der Waals surface area contributed by atoms with Gasteiger partial charge < -0.3 is 9.67 Å². The van der Waals surface area contributed by atoms with Crippen molar-refractivity contribution in [1.29, 1.82) is 0 Å². The van der Waals surface area contributed by atoms with E-state index in [1.54, 1.807) is 20.0 Å². The molecule has 14 heavy (non-hydrogen) atoms. The van der Waals surface area contributed by atoms with E-state index >= 15 is 0 Å². The van der Waals surface area contributed by atoms with Gasteiger partial charge in [-0.2, -0.15) is 0 Å². The first-order valence-corrected chi connectivity index (χ1v) is 4.24. The number of benzene rings is 1. The molecule has 0 fully saturated rings. The second-order valence-corrected chi connectivity index (χ2v) is 3.32. The first kappa shape index (κ1) is 8.74. The maximum absolute atomic E-state index is 11.6. The van der Waals surface area contributed by atoms with E-state index in [2.05, 4.69) is 4.98 Å². The number of aromatic nitrogens is 2. The molecule has 0 spiro atoms. The molecule has 0 amide bonds. The van der Waals surface area contributed by atoms with Gasteiger partial charge in [-0.25, -0.2) is 4.98 Å². The minimum absolute atomic E-state index is 0.127. The van der Waals surface area contributed by atoms with Gasteiger partial charge in [-0.05, 0) is 24.6 Å². The first-order chi connectivity index (χ1) is 6.59. The second kappa shape index (κ2) is 2.83. The second-order valence-electron chi connectivity index (χ2n) is 3.32. The molecular formula is C10H10N2O2. The molecule has 0 aliphatic heterocycles. The van der Waals surface area contributed by atoms with E-state index in [0.29, 0.717) is 10.9 Å². The van der Waals surface area contributed by atoms with Crippen molar-refractivity contribution in [3.8, 4) is 5.75 Å². The molecule has 72 valence electrons. The lowest BCUT2D eigenvalue weighted by atomic mass is 10.1. The monoisotopic (exact) mass is 190 g/mol. The van der Waals surface area contributed by atoms with Crippen molar-refractivity contribution in [3.05, 3.63) is 34.4 Å². The van der Waals surface area contributed by atoms with Crippen LogP contribution in [0.3, 0.4) is 0 Å². The topological polar surface area (TPSA) is 55.1 Å². The fraction of sp³-hybridized carbons (Fsp3) is 0.200. The van der Waals surface area contributed by atoms with Crippen molar-refractivity contribution >= 4 is 10.9 Å². The Hall–Kier alpha value is -1.84. The highest BCUT2D eigenvalue weighted by atomic mass is 16.3. The predicted molar refractivity (Wildman–Crippen MR) is 53.4 cm³/mol. The van der Waals surface area contributed by atoms with Crippen molar-refractivity contribution < 1.29 is 5.11 Å². The van der Waals surface area contributed by atoms with Crippen LogP contribution < -0.4 is 5.56 Å². The molecule has 0 saturated carbocycles. The third-order valence-corrected chi connectivity index (χ3v) is 2.24. The molecule has 4 heteroatoms. The first-order valence-electron chi connectivity index (χ1n) is 4.24. The number of nitrogens with zero attached hydrogens (tertiary/aromatic N) is 2. The van der Waals surface area contributed by atoms with E-state index in [-0.39, 0.29) is 11.3 Å². The highest BCUT2D eigenvalue weighted by Gasteiger charge is 2.04. The number of hydrogen-bond donors (Lipinski definition) is 1. The van der Waals surface area contributed by atoms with Crippen LogP contribution in [0, 0.1) is 6.92 Å². The van der Waals surface area contributed by atoms with Crippen molar-refractivity contribution in [1.82, 2.24) is 9.55 Å². The highest BCUT2D eigenvalue weighted by Crippen LogP contribution is 2.20. The summed E-state index contributed by atoms with van der Waals surface area (Å²) in [6, 6.07) is 3.16. The molecule has 0 aliphatic carbocycles. The zero-order valence-electron chi connectivity index (χ0n) is 7.98. The maximum Gasteiger partial charge on any atom is 0.261 e. The average molecular weight is 190 g/mol. The average Bonchev–Trinajstić information content (AvgIpc) is 2.15. The van der Waals surface area contributed by atoms with Crippen molar-refractivity contribution in [2.75, 3.05) is 0 Å². The summed E-state index contributed by atoms with van der Waals surface area (Å²) in [5, 5.41) is 9.90. The van der Waals surface area contributed by atoms with Gasteiger partial charge in [0.25, 0.3) is 5.56 Å². The molecule has 0 aliphatic rings. The fourth-order valence-electron chi connectivity index (χ4n) is 1.35. The Morgan fingerprint density at radius 3 is 2.86 bits per heavy atom. The van der Waals surface area contributed by atoms with Gasteiger partial charge in [0, 0.05) is 7.05 Å². The van der Waals surface area contributed by atoms with Crippen LogP contribution >= 0.6 is 0 Å². The summed E-state index contributed by atoms with van der Waals surface area (Å²) >= 11 is 0. The molecular weight excluding hydrogens is 180 g/mol. The third-order valence-electron chi connectivity index (χ3n) is 2.24. The molecule has 1 aromatic carbocycles. The van der Waals surface area contributed by atoms with Gasteiger partial charge in [0.15, 0.2) is 0 Å². The molecule has 1 N–H and O–H groups in total. The van der Waals surface area contributed by atoms with E-state index in [0.717, 1.165) is 5.56 Å². The van der Waals surface area contributed by atoms with E-state index in [4.69, 9.17) is 0 Å². The summed E-state index contributed by atoms with van der Waals surface area (Å²) in [6.45, 7) is 1.77. The zero-order chi connectivity index (χ0) is 10.3. The molecule has 4 nitrogen and oxygen atoms in total. The Morgan fingerprint density at radius 1 is 1.43 bits per heavy atom. The van der Waals surface area contributed by atoms with Crippen molar-refractivity contribution in [2.45, 2.75) is 6.92 Å². The van der Waals surface area contributed by atoms with Crippen LogP contribution in [0.5, 0.6) is 5.75 Å². The SMILES string of the molecule is Cc1cc2ncn(C)c(=O)c2cc1O. The standard InChI is InChI=1S/C10H10N2O2/c1-6-3-8-7(4-9(6)13)10(14)12(2)5-11-8/h3-5,13H,1-2H3. The molecule has 0 atom stereocenters. The normalized spacial score (nSPS) is 10.7. The quantitative estimate of drug-likeness (QED) is 0.672. The van der Waals surface area contributed by atoms with Gasteiger partial charge in [0.1, 0.15) is 5.75 Å². The van der Waals surface area contributed by atoms with Crippen LogP contribution in [0.4, 0.5) is 0 Å². The molecule has 2 aromatic rings. The number of aryl methyl sites for hydroxylation is 2. The summed E-state index contributed by atoms with van der Waals surface area (Å²) in [5.41, 5.74) is 1.19. The largest absolute Gasteiger partial charge is 0.508 e. The van der Waals surface area contributed by atoms with Gasteiger partial charge >= 0.3 is 0 Å². The minimum atomic E-state index is -0.148. The third kappa shape index (κ3) is 1.16. The van der Waals surface area contributed by atoms with Crippen LogP contribution in [0.2, 0.25) is 0 Å². The van der Waals surface area contributed by atoms with E-state index in [1.807, 2.05) is 0 Å². The highest BCUT2D eigenvalue weighted by molar-refractivity contribution is 5.80. The lowest BCUT2D eigenvalue weighted by Gasteiger charge is -2.02. The van der Waals surface area contributed by atoms with Gasteiger partial charge in [0.05, 0.1) is 17.2 Å². The minimum Gasteiger partial charge on any atom is -0.508 e. The summed E-state index contributed by atoms with van der Waals surface area (Å²) < 4.78 is 1.39. The molecule has 0 radical (unpaired) electrons. The van der Waals surface area contributed by atoms with Crippen LogP contribution in [-0.2, 0) is 7.05 Å². The fourth-order valence-corrected chi connectivity index (χ4v) is 1.35. The molecule has 0 saturated heterocycles. The lowest BCUT2D eigenvalue weighted by molar-refractivity contribution is 0.472. The summed E-state index contributed by atoms with van der Waals surface area (Å²) in [6.07, 6.45) is 1.47. The molecule has 1 heterocycles. The molecule has 1 aromatic heterocycles. The number of phenols is 1. The van der Waals surface area contributed by atoms with Gasteiger partial charge in [-0.1, -0.05) is 0 Å². The van der Waals surface area contributed by atoms with Crippen LogP contribution in [0.25, 0.3) is 10.9 Å². The van der Waals surface area contributed by atoms with Crippen LogP contribution in [0.1, 0.15) is 5.56 Å². The van der Waals surface area contributed by atoms with E-state index in [9.17, 15) is 9.90 Å². The molecule has 2 rings (SSSR count). The van der Waals surface area contributed by atoms with E-state index in [1.165, 1.54) is 17.0 Å². The predicted octanol–water partition coefficient (Wildman–Crippen LogP) is 0.948. The Balaban J connectivity index is 2.97. The Kier molecular flexibility index (Phi) is 1.77. The smallest absolute Gasteiger partial charge is 0.261 e. The van der Waals surface area contributed by atoms with Gasteiger partial charge in [-0.15, -0.1) is 0 Å².